The number of hydrogen-bond donors (Lipinski definition) is 0. The second-order valence-electron chi connectivity index (χ2n) is 18.0. The molecule has 5 nitrogen and oxygen atoms in total. The third kappa shape index (κ3) is 8.00. The fourth-order valence-corrected chi connectivity index (χ4v) is 9.42. The molecular formula is C60H46FN4OPt-3. The van der Waals surface area contributed by atoms with Crippen molar-refractivity contribution in [2.24, 2.45) is 0 Å². The average molecular weight is 1050 g/mol. The number of anilines is 4. The van der Waals surface area contributed by atoms with Gasteiger partial charge in [-0.15, -0.1) is 53.6 Å². The molecule has 7 heteroatoms. The molecule has 0 amide bonds. The predicted molar refractivity (Wildman–Crippen MR) is 269 cm³/mol. The van der Waals surface area contributed by atoms with Gasteiger partial charge < -0.3 is 19.1 Å². The number of nitrogens with zero attached hydrogens (tertiary/aromatic N) is 4. The van der Waals surface area contributed by atoms with Gasteiger partial charge in [0.15, 0.2) is 0 Å². The summed E-state index contributed by atoms with van der Waals surface area (Å²) in [6, 6.07) is 66.8. The molecule has 11 rings (SSSR count). The van der Waals surface area contributed by atoms with Gasteiger partial charge in [0, 0.05) is 72.5 Å². The van der Waals surface area contributed by atoms with Crippen molar-refractivity contribution in [1.82, 2.24) is 9.55 Å². The van der Waals surface area contributed by atoms with Crippen LogP contribution in [0.1, 0.15) is 37.5 Å². The van der Waals surface area contributed by atoms with Crippen LogP contribution < -0.4 is 14.5 Å². The minimum atomic E-state index is -0.274. The standard InChI is InChI=1S/C60H46FN4O.Pt/c1-39-15-13-16-40(2)58(39)43-33-46(36-48(34-43)66-47-29-30-52-51-19-9-10-22-53(51)65(56(52)37-47)57-35-44(31-32-62-57)60(3,4)5)63-38-64(55-24-12-11-23-54(55)63)59-49(41-17-7-6-8-18-41)20-14-21-50(59)42-25-27-45(61)28-26-42;/h6-35,38H,1-5H3;/q-3;. The summed E-state index contributed by atoms with van der Waals surface area (Å²) in [5.41, 5.74) is 15.3. The van der Waals surface area contributed by atoms with Crippen LogP contribution >= 0.6 is 0 Å². The number of ether oxygens (including phenoxy) is 1. The van der Waals surface area contributed by atoms with Crippen LogP contribution in [0, 0.1) is 38.5 Å². The number of aryl methyl sites for hydroxylation is 2. The van der Waals surface area contributed by atoms with Crippen LogP contribution in [0.25, 0.3) is 61.0 Å². The van der Waals surface area contributed by atoms with E-state index in [0.717, 1.165) is 94.9 Å². The number of benzene rings is 8. The smallest absolute Gasteiger partial charge is 0.135 e. The fourth-order valence-electron chi connectivity index (χ4n) is 9.42. The summed E-state index contributed by atoms with van der Waals surface area (Å²) in [5, 5.41) is 2.18. The van der Waals surface area contributed by atoms with Gasteiger partial charge in [0.25, 0.3) is 0 Å². The third-order valence-corrected chi connectivity index (χ3v) is 12.6. The Morgan fingerprint density at radius 2 is 1.24 bits per heavy atom. The van der Waals surface area contributed by atoms with E-state index in [1.807, 2.05) is 30.5 Å². The first kappa shape index (κ1) is 43.6. The number of rotatable bonds is 8. The molecule has 8 aromatic carbocycles. The molecule has 0 bridgehead atoms. The normalized spacial score (nSPS) is 12.4. The van der Waals surface area contributed by atoms with E-state index in [0.29, 0.717) is 11.5 Å². The number of halogens is 1. The van der Waals surface area contributed by atoms with Crippen molar-refractivity contribution in [3.8, 4) is 50.7 Å². The largest absolute Gasteiger partial charge is 0.509 e. The van der Waals surface area contributed by atoms with E-state index < -0.39 is 0 Å². The maximum absolute atomic E-state index is 14.4. The van der Waals surface area contributed by atoms with E-state index in [-0.39, 0.29) is 32.3 Å². The summed E-state index contributed by atoms with van der Waals surface area (Å²) in [7, 11) is 0. The SMILES string of the molecule is Cc1cccc(C)c1-c1cc(Oc2[c-]c3c(cc2)c2ccccc2n3-c2cc(C(C)(C)C)ccn2)[c-]c(N2[CH-]N(c3c(-c4ccccc4)cccc3-c3ccc(F)cc3)c3ccccc32)c1.[Pt]. The molecule has 1 aliphatic rings. The van der Waals surface area contributed by atoms with Crippen molar-refractivity contribution < 1.29 is 30.2 Å². The molecule has 0 spiro atoms. The third-order valence-electron chi connectivity index (χ3n) is 12.6. The van der Waals surface area contributed by atoms with Crippen LogP contribution in [0.5, 0.6) is 11.5 Å². The van der Waals surface area contributed by atoms with E-state index in [4.69, 9.17) is 9.72 Å². The molecule has 0 unspecified atom stereocenters. The van der Waals surface area contributed by atoms with Crippen LogP contribution in [0.4, 0.5) is 27.1 Å². The van der Waals surface area contributed by atoms with Gasteiger partial charge in [0.2, 0.25) is 0 Å². The second kappa shape index (κ2) is 17.5. The van der Waals surface area contributed by atoms with E-state index in [1.165, 1.54) is 17.7 Å². The summed E-state index contributed by atoms with van der Waals surface area (Å²) in [5.74, 6) is 1.67. The summed E-state index contributed by atoms with van der Waals surface area (Å²) in [6.07, 6.45) is 1.89. The molecule has 10 aromatic rings. The Hall–Kier alpha value is -7.27. The summed E-state index contributed by atoms with van der Waals surface area (Å²) >= 11 is 0. The fraction of sp³-hybridized carbons (Fsp3) is 0.100. The Morgan fingerprint density at radius 3 is 1.97 bits per heavy atom. The first-order valence-corrected chi connectivity index (χ1v) is 22.3. The Labute approximate surface area is 406 Å². The van der Waals surface area contributed by atoms with E-state index in [2.05, 4.69) is 207 Å². The van der Waals surface area contributed by atoms with Gasteiger partial charge >= 0.3 is 0 Å². The van der Waals surface area contributed by atoms with Crippen molar-refractivity contribution in [3.63, 3.8) is 0 Å². The maximum Gasteiger partial charge on any atom is 0.135 e. The first-order valence-electron chi connectivity index (χ1n) is 22.3. The number of hydrogen-bond acceptors (Lipinski definition) is 4. The summed E-state index contributed by atoms with van der Waals surface area (Å²) in [6.45, 7) is 13.1. The van der Waals surface area contributed by atoms with Gasteiger partial charge in [-0.05, 0) is 100 Å². The molecule has 1 aliphatic heterocycles. The predicted octanol–water partition coefficient (Wildman–Crippen LogP) is 16.0. The molecule has 0 saturated carbocycles. The minimum Gasteiger partial charge on any atom is -0.509 e. The molecule has 67 heavy (non-hydrogen) atoms. The zero-order valence-electron chi connectivity index (χ0n) is 37.8. The Balaban J connectivity index is 0.00000525. The Morgan fingerprint density at radius 1 is 0.582 bits per heavy atom. The molecule has 0 saturated heterocycles. The molecule has 0 radical (unpaired) electrons. The van der Waals surface area contributed by atoms with Crippen molar-refractivity contribution in [1.29, 1.82) is 0 Å². The van der Waals surface area contributed by atoms with Crippen molar-refractivity contribution >= 4 is 44.6 Å². The maximum atomic E-state index is 14.4. The molecule has 3 heterocycles. The molecule has 0 N–H and O–H groups in total. The molecular weight excluding hydrogens is 1010 g/mol. The second-order valence-corrected chi connectivity index (χ2v) is 18.0. The van der Waals surface area contributed by atoms with E-state index >= 15 is 0 Å². The number of para-hydroxylation sites is 4. The van der Waals surface area contributed by atoms with Gasteiger partial charge in [-0.3, -0.25) is 0 Å². The van der Waals surface area contributed by atoms with Crippen LogP contribution in [-0.2, 0) is 26.5 Å². The quantitative estimate of drug-likeness (QED) is 0.142. The monoisotopic (exact) mass is 1050 g/mol. The minimum absolute atomic E-state index is 0. The molecule has 2 aromatic heterocycles. The Kier molecular flexibility index (Phi) is 11.4. The zero-order valence-corrected chi connectivity index (χ0v) is 40.1. The molecule has 0 fully saturated rings. The van der Waals surface area contributed by atoms with E-state index in [1.54, 1.807) is 0 Å². The van der Waals surface area contributed by atoms with Gasteiger partial charge in [0.1, 0.15) is 11.6 Å². The number of fused-ring (bicyclic) bond motifs is 4. The van der Waals surface area contributed by atoms with Gasteiger partial charge in [0.05, 0.1) is 0 Å². The summed E-state index contributed by atoms with van der Waals surface area (Å²) < 4.78 is 23.5. The summed E-state index contributed by atoms with van der Waals surface area (Å²) in [4.78, 5) is 9.33. The van der Waals surface area contributed by atoms with Crippen LogP contribution in [-0.4, -0.2) is 9.55 Å². The Bertz CT molecular complexity index is 3450. The average Bonchev–Trinajstić information content (AvgIpc) is 3.87. The zero-order chi connectivity index (χ0) is 45.1. The molecule has 332 valence electrons. The van der Waals surface area contributed by atoms with Crippen LogP contribution in [0.2, 0.25) is 0 Å². The number of pyridine rings is 1. The van der Waals surface area contributed by atoms with Crippen LogP contribution in [0.3, 0.4) is 0 Å². The van der Waals surface area contributed by atoms with Gasteiger partial charge in [-0.2, -0.15) is 6.07 Å². The topological polar surface area (TPSA) is 33.5 Å². The number of aromatic nitrogens is 2. The molecule has 0 aliphatic carbocycles. The van der Waals surface area contributed by atoms with Crippen molar-refractivity contribution in [3.05, 3.63) is 223 Å². The van der Waals surface area contributed by atoms with E-state index in [9.17, 15) is 4.39 Å². The van der Waals surface area contributed by atoms with Crippen LogP contribution in [0.15, 0.2) is 182 Å². The van der Waals surface area contributed by atoms with Crippen molar-refractivity contribution in [2.45, 2.75) is 40.0 Å². The van der Waals surface area contributed by atoms with Gasteiger partial charge in [-0.25, -0.2) is 9.37 Å². The van der Waals surface area contributed by atoms with Gasteiger partial charge in [-0.1, -0.05) is 135 Å². The van der Waals surface area contributed by atoms with Crippen molar-refractivity contribution in [2.75, 3.05) is 9.80 Å². The first-order chi connectivity index (χ1) is 32.1. The molecule has 0 atom stereocenters.